The van der Waals surface area contributed by atoms with Gasteiger partial charge in [-0.25, -0.2) is 0 Å². The van der Waals surface area contributed by atoms with Gasteiger partial charge in [0.2, 0.25) is 0 Å². The van der Waals surface area contributed by atoms with E-state index in [4.69, 9.17) is 4.74 Å². The van der Waals surface area contributed by atoms with Crippen LogP contribution in [0.3, 0.4) is 0 Å². The number of likely N-dealkylation sites (tertiary alicyclic amines) is 1. The average Bonchev–Trinajstić information content (AvgIpc) is 2.69. The normalized spacial score (nSPS) is 16.8. The minimum Gasteiger partial charge on any atom is -0.489 e. The number of carbonyl (C=O) groups excluding carboxylic acids is 1. The molecular formula is C22H26N2O2. The molecule has 2 aliphatic heterocycles. The predicted octanol–water partition coefficient (Wildman–Crippen LogP) is 4.46. The molecule has 1 amide bonds. The number of fused-ring (bicyclic) bond motifs is 1. The Kier molecular flexibility index (Phi) is 4.58. The summed E-state index contributed by atoms with van der Waals surface area (Å²) < 4.78 is 6.00. The molecule has 4 rings (SSSR count). The van der Waals surface area contributed by atoms with Crippen LogP contribution in [-0.2, 0) is 0 Å². The second kappa shape index (κ2) is 7.02. The zero-order valence-corrected chi connectivity index (χ0v) is 15.6. The van der Waals surface area contributed by atoms with Crippen molar-refractivity contribution in [1.82, 2.24) is 4.90 Å². The van der Waals surface area contributed by atoms with E-state index in [1.165, 1.54) is 12.0 Å². The lowest BCUT2D eigenvalue weighted by Crippen LogP contribution is -2.36. The van der Waals surface area contributed by atoms with Gasteiger partial charge in [-0.3, -0.25) is 4.79 Å². The molecule has 26 heavy (non-hydrogen) atoms. The molecule has 0 bridgehead atoms. The van der Waals surface area contributed by atoms with E-state index in [1.54, 1.807) is 0 Å². The Morgan fingerprint density at radius 1 is 0.923 bits per heavy atom. The molecule has 1 saturated heterocycles. The number of hydrogen-bond donors (Lipinski definition) is 0. The molecule has 2 aromatic rings. The van der Waals surface area contributed by atoms with Crippen molar-refractivity contribution in [3.05, 3.63) is 53.1 Å². The van der Waals surface area contributed by atoms with Gasteiger partial charge in [-0.05, 0) is 57.4 Å². The Bertz CT molecular complexity index is 808. The van der Waals surface area contributed by atoms with Crippen molar-refractivity contribution >= 4 is 17.3 Å². The van der Waals surface area contributed by atoms with Gasteiger partial charge < -0.3 is 14.5 Å². The van der Waals surface area contributed by atoms with Crippen LogP contribution in [0.5, 0.6) is 5.75 Å². The lowest BCUT2D eigenvalue weighted by Gasteiger charge is -2.33. The summed E-state index contributed by atoms with van der Waals surface area (Å²) in [7, 11) is 0. The van der Waals surface area contributed by atoms with Gasteiger partial charge >= 0.3 is 0 Å². The summed E-state index contributed by atoms with van der Waals surface area (Å²) in [6.07, 6.45) is 3.43. The first-order valence-electron chi connectivity index (χ1n) is 9.55. The van der Waals surface area contributed by atoms with Crippen molar-refractivity contribution < 1.29 is 9.53 Å². The number of aryl methyl sites for hydroxylation is 1. The molecule has 0 spiro atoms. The molecular weight excluding hydrogens is 324 g/mol. The Morgan fingerprint density at radius 3 is 2.38 bits per heavy atom. The van der Waals surface area contributed by atoms with E-state index in [-0.39, 0.29) is 5.91 Å². The van der Waals surface area contributed by atoms with E-state index < -0.39 is 0 Å². The Balaban J connectivity index is 1.68. The minimum atomic E-state index is 0.140. The van der Waals surface area contributed by atoms with Gasteiger partial charge in [0.05, 0.1) is 12.2 Å². The summed E-state index contributed by atoms with van der Waals surface area (Å²) in [5.41, 5.74) is 5.19. The lowest BCUT2D eigenvalue weighted by atomic mass is 10.0. The number of ether oxygens (including phenoxy) is 1. The van der Waals surface area contributed by atoms with Crippen molar-refractivity contribution in [1.29, 1.82) is 0 Å². The largest absolute Gasteiger partial charge is 0.489 e. The van der Waals surface area contributed by atoms with Gasteiger partial charge in [0, 0.05) is 29.9 Å². The summed E-state index contributed by atoms with van der Waals surface area (Å²) in [6, 6.07) is 12.6. The zero-order valence-electron chi connectivity index (χ0n) is 15.6. The molecule has 1 fully saturated rings. The van der Waals surface area contributed by atoms with Crippen molar-refractivity contribution in [2.75, 3.05) is 31.1 Å². The number of carbonyl (C=O) groups is 1. The molecule has 2 aromatic carbocycles. The maximum absolute atomic E-state index is 13.0. The van der Waals surface area contributed by atoms with Gasteiger partial charge in [-0.2, -0.15) is 0 Å². The second-order valence-corrected chi connectivity index (χ2v) is 7.27. The van der Waals surface area contributed by atoms with Crippen LogP contribution in [0.4, 0.5) is 11.4 Å². The fourth-order valence-corrected chi connectivity index (χ4v) is 3.92. The quantitative estimate of drug-likeness (QED) is 0.802. The Labute approximate surface area is 155 Å². The highest BCUT2D eigenvalue weighted by molar-refractivity contribution is 5.97. The SMILES string of the molecule is Cc1ccc(N2CCOc3c2ccc(C(=O)N2CCCCC2)c3C)cc1. The maximum atomic E-state index is 13.0. The van der Waals surface area contributed by atoms with Crippen LogP contribution in [0.15, 0.2) is 36.4 Å². The van der Waals surface area contributed by atoms with Gasteiger partial charge in [-0.15, -0.1) is 0 Å². The number of anilines is 2. The standard InChI is InChI=1S/C22H26N2O2/c1-16-6-8-18(9-7-16)24-14-15-26-21-17(2)19(10-11-20(21)24)22(25)23-12-4-3-5-13-23/h6-11H,3-5,12-15H2,1-2H3. The van der Waals surface area contributed by atoms with Crippen LogP contribution in [0, 0.1) is 13.8 Å². The van der Waals surface area contributed by atoms with Crippen LogP contribution >= 0.6 is 0 Å². The first kappa shape index (κ1) is 17.0. The molecule has 0 unspecified atom stereocenters. The first-order chi connectivity index (χ1) is 12.6. The molecule has 4 heteroatoms. The van der Waals surface area contributed by atoms with E-state index in [0.717, 1.165) is 60.7 Å². The summed E-state index contributed by atoms with van der Waals surface area (Å²) in [4.78, 5) is 17.2. The van der Waals surface area contributed by atoms with Gasteiger partial charge in [0.15, 0.2) is 0 Å². The van der Waals surface area contributed by atoms with E-state index >= 15 is 0 Å². The molecule has 136 valence electrons. The Hall–Kier alpha value is -2.49. The highest BCUT2D eigenvalue weighted by Gasteiger charge is 2.26. The third-order valence-corrected chi connectivity index (χ3v) is 5.46. The van der Waals surface area contributed by atoms with Crippen LogP contribution in [0.25, 0.3) is 0 Å². The van der Waals surface area contributed by atoms with Crippen LogP contribution in [0.2, 0.25) is 0 Å². The molecule has 0 saturated carbocycles. The predicted molar refractivity (Wildman–Crippen MR) is 105 cm³/mol. The Morgan fingerprint density at radius 2 is 1.65 bits per heavy atom. The number of rotatable bonds is 2. The molecule has 0 aromatic heterocycles. The van der Waals surface area contributed by atoms with Gasteiger partial charge in [-0.1, -0.05) is 17.7 Å². The third-order valence-electron chi connectivity index (χ3n) is 5.46. The minimum absolute atomic E-state index is 0.140. The molecule has 0 atom stereocenters. The lowest BCUT2D eigenvalue weighted by molar-refractivity contribution is 0.0723. The molecule has 2 heterocycles. The fourth-order valence-electron chi connectivity index (χ4n) is 3.92. The topological polar surface area (TPSA) is 32.8 Å². The van der Waals surface area contributed by atoms with E-state index in [1.807, 2.05) is 24.0 Å². The van der Waals surface area contributed by atoms with E-state index in [9.17, 15) is 4.79 Å². The second-order valence-electron chi connectivity index (χ2n) is 7.27. The highest BCUT2D eigenvalue weighted by Crippen LogP contribution is 2.40. The third kappa shape index (κ3) is 3.05. The number of hydrogen-bond acceptors (Lipinski definition) is 3. The maximum Gasteiger partial charge on any atom is 0.254 e. The van der Waals surface area contributed by atoms with Gasteiger partial charge in [0.1, 0.15) is 12.4 Å². The number of benzene rings is 2. The summed E-state index contributed by atoms with van der Waals surface area (Å²) >= 11 is 0. The highest BCUT2D eigenvalue weighted by atomic mass is 16.5. The smallest absolute Gasteiger partial charge is 0.254 e. The monoisotopic (exact) mass is 350 g/mol. The van der Waals surface area contributed by atoms with E-state index in [0.29, 0.717) is 6.61 Å². The number of piperidine rings is 1. The molecule has 4 nitrogen and oxygen atoms in total. The molecule has 0 N–H and O–H groups in total. The molecule has 2 aliphatic rings. The van der Waals surface area contributed by atoms with Crippen molar-refractivity contribution in [3.8, 4) is 5.75 Å². The van der Waals surface area contributed by atoms with E-state index in [2.05, 4.69) is 36.1 Å². The van der Waals surface area contributed by atoms with Crippen LogP contribution in [0.1, 0.15) is 40.7 Å². The van der Waals surface area contributed by atoms with Crippen molar-refractivity contribution in [3.63, 3.8) is 0 Å². The first-order valence-corrected chi connectivity index (χ1v) is 9.55. The van der Waals surface area contributed by atoms with Gasteiger partial charge in [0.25, 0.3) is 5.91 Å². The molecule has 0 aliphatic carbocycles. The van der Waals surface area contributed by atoms with Crippen LogP contribution in [-0.4, -0.2) is 37.0 Å². The molecule has 0 radical (unpaired) electrons. The fraction of sp³-hybridized carbons (Fsp3) is 0.409. The number of nitrogens with zero attached hydrogens (tertiary/aromatic N) is 2. The summed E-state index contributed by atoms with van der Waals surface area (Å²) in [5.74, 6) is 0.987. The summed E-state index contributed by atoms with van der Waals surface area (Å²) in [6.45, 7) is 7.28. The zero-order chi connectivity index (χ0) is 18.1. The average molecular weight is 350 g/mol. The van der Waals surface area contributed by atoms with Crippen molar-refractivity contribution in [2.45, 2.75) is 33.1 Å². The van der Waals surface area contributed by atoms with Crippen molar-refractivity contribution in [2.24, 2.45) is 0 Å². The van der Waals surface area contributed by atoms with Crippen LogP contribution < -0.4 is 9.64 Å². The number of amides is 1. The summed E-state index contributed by atoms with van der Waals surface area (Å²) in [5, 5.41) is 0.